The second-order valence-corrected chi connectivity index (χ2v) is 11.3. The number of hydrogen-bond acceptors (Lipinski definition) is 13. The first-order valence-electron chi connectivity index (χ1n) is 8.33. The third kappa shape index (κ3) is 16.9. The van der Waals surface area contributed by atoms with Gasteiger partial charge < -0.3 is 14.2 Å². The predicted octanol–water partition coefficient (Wildman–Crippen LogP) is -1.15. The first-order chi connectivity index (χ1) is 13.6. The van der Waals surface area contributed by atoms with E-state index in [0.717, 1.165) is 25.9 Å². The Hall–Kier alpha value is -0.880. The average Bonchev–Trinajstić information content (AvgIpc) is 2.55. The fourth-order valence-corrected chi connectivity index (χ4v) is 3.08. The lowest BCUT2D eigenvalue weighted by molar-refractivity contribution is -0.148. The third-order valence-corrected chi connectivity index (χ3v) is 5.18. The Labute approximate surface area is 177 Å². The summed E-state index contributed by atoms with van der Waals surface area (Å²) in [5.41, 5.74) is -1.11. The van der Waals surface area contributed by atoms with Crippen LogP contribution in [0.3, 0.4) is 0 Å². The van der Waals surface area contributed by atoms with Crippen molar-refractivity contribution in [2.45, 2.75) is 12.8 Å². The summed E-state index contributed by atoms with van der Waals surface area (Å²) in [5.74, 6) is -0.676. The molecule has 0 aromatic carbocycles. The molecule has 0 saturated carbocycles. The monoisotopic (exact) mass is 500 g/mol. The lowest BCUT2D eigenvalue weighted by Gasteiger charge is -2.33. The second-order valence-electron chi connectivity index (χ2n) is 6.41. The molecule has 0 radical (unpaired) electrons. The predicted molar refractivity (Wildman–Crippen MR) is 103 cm³/mol. The number of ether oxygens (including phenoxy) is 3. The minimum Gasteiger partial charge on any atom is -0.467 e. The molecule has 0 spiro atoms. The molecule has 0 atom stereocenters. The van der Waals surface area contributed by atoms with Crippen LogP contribution in [-0.4, -0.2) is 96.9 Å². The third-order valence-electron chi connectivity index (χ3n) is 3.47. The van der Waals surface area contributed by atoms with E-state index in [2.05, 4.69) is 8.92 Å². The largest absolute Gasteiger partial charge is 0.467 e. The van der Waals surface area contributed by atoms with E-state index < -0.39 is 55.1 Å². The Morgan fingerprint density at radius 3 is 1.57 bits per heavy atom. The molecule has 0 N–H and O–H groups in total. The maximum Gasteiger partial charge on any atom is 0.331 e. The highest BCUT2D eigenvalue weighted by Gasteiger charge is 2.32. The zero-order valence-electron chi connectivity index (χ0n) is 17.2. The Kier molecular flexibility index (Phi) is 12.5. The van der Waals surface area contributed by atoms with Gasteiger partial charge in [-0.05, 0) is 12.8 Å². The molecule has 0 aliphatic heterocycles. The van der Waals surface area contributed by atoms with Crippen LogP contribution in [-0.2, 0) is 61.9 Å². The minimum absolute atomic E-state index is 0.0206. The van der Waals surface area contributed by atoms with Crippen LogP contribution in [0.1, 0.15) is 12.8 Å². The van der Waals surface area contributed by atoms with E-state index >= 15 is 0 Å². The fourth-order valence-electron chi connectivity index (χ4n) is 2.06. The van der Waals surface area contributed by atoms with Gasteiger partial charge in [-0.25, -0.2) is 8.98 Å². The summed E-state index contributed by atoms with van der Waals surface area (Å²) in [5, 5.41) is 0. The van der Waals surface area contributed by atoms with Crippen LogP contribution in [0, 0.1) is 5.41 Å². The van der Waals surface area contributed by atoms with Crippen LogP contribution in [0.25, 0.3) is 0 Å². The molecule has 16 heteroatoms. The van der Waals surface area contributed by atoms with E-state index in [1.54, 1.807) is 0 Å². The summed E-state index contributed by atoms with van der Waals surface area (Å²) >= 11 is 0. The zero-order chi connectivity index (χ0) is 23.5. The van der Waals surface area contributed by atoms with Crippen molar-refractivity contribution in [2.24, 2.45) is 5.41 Å². The van der Waals surface area contributed by atoms with Gasteiger partial charge in [-0.1, -0.05) is 0 Å². The van der Waals surface area contributed by atoms with Gasteiger partial charge in [0.2, 0.25) is 0 Å². The number of esters is 1. The van der Waals surface area contributed by atoms with Gasteiger partial charge in [-0.2, -0.15) is 25.3 Å². The number of rotatable bonds is 17. The minimum atomic E-state index is -3.77. The smallest absolute Gasteiger partial charge is 0.331 e. The molecule has 0 aromatic rings. The molecule has 0 bridgehead atoms. The molecule has 0 heterocycles. The molecule has 0 amide bonds. The van der Waals surface area contributed by atoms with E-state index in [-0.39, 0.29) is 39.3 Å². The number of carbonyl (C=O) groups excluding carboxylic acids is 1. The number of methoxy groups -OCH3 is 1. The van der Waals surface area contributed by atoms with Crippen molar-refractivity contribution in [3.8, 4) is 0 Å². The summed E-state index contributed by atoms with van der Waals surface area (Å²) in [4.78, 5) is 11.3. The van der Waals surface area contributed by atoms with Crippen LogP contribution in [0.5, 0.6) is 0 Å². The van der Waals surface area contributed by atoms with E-state index in [1.165, 1.54) is 0 Å². The van der Waals surface area contributed by atoms with Gasteiger partial charge in [-0.3, -0.25) is 8.37 Å². The summed E-state index contributed by atoms with van der Waals surface area (Å²) in [6.07, 6.45) is 2.49. The van der Waals surface area contributed by atoms with Crippen molar-refractivity contribution >= 4 is 36.3 Å². The van der Waals surface area contributed by atoms with Crippen molar-refractivity contribution in [1.29, 1.82) is 0 Å². The van der Waals surface area contributed by atoms with Gasteiger partial charge in [0.05, 0.1) is 52.3 Å². The summed E-state index contributed by atoms with van der Waals surface area (Å²) < 4.78 is 96.0. The van der Waals surface area contributed by atoms with Crippen LogP contribution in [0.15, 0.2) is 0 Å². The Balaban J connectivity index is 5.33. The van der Waals surface area contributed by atoms with Crippen molar-refractivity contribution in [2.75, 3.05) is 65.7 Å². The fraction of sp³-hybridized carbons (Fsp3) is 0.929. The quantitative estimate of drug-likeness (QED) is 0.101. The molecule has 0 saturated heterocycles. The number of carbonyl (C=O) groups is 1. The van der Waals surface area contributed by atoms with Crippen molar-refractivity contribution in [1.82, 2.24) is 0 Å². The molecular formula is C14H28O13S3. The van der Waals surface area contributed by atoms with Crippen LogP contribution >= 0.6 is 0 Å². The molecule has 0 fully saturated rings. The molecule has 0 aliphatic carbocycles. The second kappa shape index (κ2) is 12.8. The van der Waals surface area contributed by atoms with Gasteiger partial charge in [0.1, 0.15) is 6.61 Å². The molecule has 0 aromatic heterocycles. The van der Waals surface area contributed by atoms with Gasteiger partial charge >= 0.3 is 5.97 Å². The maximum absolute atomic E-state index is 11.3. The highest BCUT2D eigenvalue weighted by Crippen LogP contribution is 2.29. The number of hydrogen-bond donors (Lipinski definition) is 0. The van der Waals surface area contributed by atoms with Crippen molar-refractivity contribution in [3.63, 3.8) is 0 Å². The standard InChI is InChI=1S/C14H28O13S3/c1-22-13(15)9-23-10-14(5-7-25-28(2,16)17,6-8-26-29(3,18)19)11-24-12-27-30(4,20)21/h5-12H2,1-4H3. The van der Waals surface area contributed by atoms with Crippen molar-refractivity contribution < 1.29 is 56.8 Å². The lowest BCUT2D eigenvalue weighted by Crippen LogP contribution is -2.37. The lowest BCUT2D eigenvalue weighted by atomic mass is 9.83. The van der Waals surface area contributed by atoms with Gasteiger partial charge in [0.25, 0.3) is 30.4 Å². The van der Waals surface area contributed by atoms with E-state index in [9.17, 15) is 30.0 Å². The summed E-state index contributed by atoms with van der Waals surface area (Å²) in [6, 6.07) is 0. The van der Waals surface area contributed by atoms with E-state index in [0.29, 0.717) is 0 Å². The molecule has 180 valence electrons. The van der Waals surface area contributed by atoms with E-state index in [1.807, 2.05) is 0 Å². The zero-order valence-corrected chi connectivity index (χ0v) is 19.6. The van der Waals surface area contributed by atoms with Gasteiger partial charge in [-0.15, -0.1) is 0 Å². The first kappa shape index (κ1) is 29.1. The average molecular weight is 501 g/mol. The Morgan fingerprint density at radius 2 is 1.17 bits per heavy atom. The first-order valence-corrected chi connectivity index (χ1v) is 13.8. The molecule has 0 unspecified atom stereocenters. The Morgan fingerprint density at radius 1 is 0.733 bits per heavy atom. The SMILES string of the molecule is COC(=O)COCC(CCOS(C)(=O)=O)(CCOS(C)(=O)=O)COCOS(C)(=O)=O. The van der Waals surface area contributed by atoms with Crippen LogP contribution < -0.4 is 0 Å². The molecule has 0 rings (SSSR count). The highest BCUT2D eigenvalue weighted by molar-refractivity contribution is 7.86. The van der Waals surface area contributed by atoms with Crippen molar-refractivity contribution in [3.05, 3.63) is 0 Å². The van der Waals surface area contributed by atoms with Crippen LogP contribution in [0.4, 0.5) is 0 Å². The maximum atomic E-state index is 11.3. The molecular weight excluding hydrogens is 472 g/mol. The summed E-state index contributed by atoms with van der Waals surface area (Å²) in [6.45, 7) is -2.15. The van der Waals surface area contributed by atoms with E-state index in [4.69, 9.17) is 17.8 Å². The van der Waals surface area contributed by atoms with Gasteiger partial charge in [0.15, 0.2) is 6.79 Å². The molecule has 0 aliphatic rings. The normalized spacial score (nSPS) is 13.3. The highest BCUT2D eigenvalue weighted by atomic mass is 32.2. The Bertz CT molecular complexity index is 792. The van der Waals surface area contributed by atoms with Crippen LogP contribution in [0.2, 0.25) is 0 Å². The summed E-state index contributed by atoms with van der Waals surface area (Å²) in [7, 11) is -10.1. The topological polar surface area (TPSA) is 175 Å². The molecule has 13 nitrogen and oxygen atoms in total. The van der Waals surface area contributed by atoms with Gasteiger partial charge in [0, 0.05) is 5.41 Å². The molecule has 30 heavy (non-hydrogen) atoms.